The fourth-order valence-corrected chi connectivity index (χ4v) is 2.46. The molecule has 0 aliphatic rings. The first-order chi connectivity index (χ1) is 10.7. The number of hydrogen-bond acceptors (Lipinski definition) is 3. The molecular formula is C16H19F2N3OS. The summed E-state index contributed by atoms with van der Waals surface area (Å²) in [7, 11) is 1.71. The quantitative estimate of drug-likeness (QED) is 0.846. The molecular weight excluding hydrogens is 320 g/mol. The highest BCUT2D eigenvalue weighted by molar-refractivity contribution is 7.99. The van der Waals surface area contributed by atoms with E-state index < -0.39 is 5.76 Å². The van der Waals surface area contributed by atoms with Gasteiger partial charge in [0.2, 0.25) is 0 Å². The first-order valence-corrected chi connectivity index (χ1v) is 7.95. The SMILES string of the molecule is Cn1nc(C(C)(C)C)cc1C(=O)Nc1ccc(SC(F)F)cc1. The monoisotopic (exact) mass is 339 g/mol. The highest BCUT2D eigenvalue weighted by atomic mass is 32.2. The van der Waals surface area contributed by atoms with E-state index in [2.05, 4.69) is 10.4 Å². The van der Waals surface area contributed by atoms with Gasteiger partial charge in [-0.1, -0.05) is 32.5 Å². The molecule has 0 atom stereocenters. The topological polar surface area (TPSA) is 46.9 Å². The molecule has 0 spiro atoms. The van der Waals surface area contributed by atoms with Crippen LogP contribution >= 0.6 is 11.8 Å². The molecule has 7 heteroatoms. The molecule has 124 valence electrons. The lowest BCUT2D eigenvalue weighted by atomic mass is 9.92. The van der Waals surface area contributed by atoms with Crippen LogP contribution in [0.3, 0.4) is 0 Å². The van der Waals surface area contributed by atoms with Gasteiger partial charge in [0.1, 0.15) is 5.69 Å². The van der Waals surface area contributed by atoms with Gasteiger partial charge in [-0.3, -0.25) is 9.48 Å². The highest BCUT2D eigenvalue weighted by Gasteiger charge is 2.21. The zero-order valence-corrected chi connectivity index (χ0v) is 14.2. The van der Waals surface area contributed by atoms with Gasteiger partial charge in [0, 0.05) is 23.0 Å². The first-order valence-electron chi connectivity index (χ1n) is 7.07. The molecule has 2 rings (SSSR count). The molecule has 2 aromatic rings. The molecule has 1 aromatic carbocycles. The summed E-state index contributed by atoms with van der Waals surface area (Å²) >= 11 is 0.471. The summed E-state index contributed by atoms with van der Waals surface area (Å²) in [5, 5.41) is 7.11. The van der Waals surface area contributed by atoms with Crippen LogP contribution in [0.15, 0.2) is 35.2 Å². The Balaban J connectivity index is 2.11. The molecule has 0 radical (unpaired) electrons. The van der Waals surface area contributed by atoms with Crippen molar-refractivity contribution < 1.29 is 13.6 Å². The third-order valence-electron chi connectivity index (χ3n) is 3.22. The van der Waals surface area contributed by atoms with Crippen molar-refractivity contribution in [3.8, 4) is 0 Å². The lowest BCUT2D eigenvalue weighted by Gasteiger charge is -2.13. The lowest BCUT2D eigenvalue weighted by molar-refractivity contribution is 0.101. The number of amides is 1. The number of aryl methyl sites for hydroxylation is 1. The Labute approximate surface area is 138 Å². The summed E-state index contributed by atoms with van der Waals surface area (Å²) in [6.45, 7) is 6.07. The normalized spacial score (nSPS) is 11.8. The van der Waals surface area contributed by atoms with Gasteiger partial charge in [0.05, 0.1) is 5.69 Å². The number of aromatic nitrogens is 2. The molecule has 23 heavy (non-hydrogen) atoms. The van der Waals surface area contributed by atoms with Crippen molar-refractivity contribution in [3.63, 3.8) is 0 Å². The molecule has 0 bridgehead atoms. The predicted molar refractivity (Wildman–Crippen MR) is 88.2 cm³/mol. The predicted octanol–water partition coefficient (Wildman–Crippen LogP) is 4.28. The summed E-state index contributed by atoms with van der Waals surface area (Å²) in [5.41, 5.74) is 1.67. The molecule has 0 aliphatic heterocycles. The average Bonchev–Trinajstić information content (AvgIpc) is 2.82. The van der Waals surface area contributed by atoms with E-state index in [-0.39, 0.29) is 11.3 Å². The Kier molecular flexibility index (Phi) is 5.09. The van der Waals surface area contributed by atoms with E-state index in [0.29, 0.717) is 28.0 Å². The summed E-state index contributed by atoms with van der Waals surface area (Å²) in [5.74, 6) is -2.74. The van der Waals surface area contributed by atoms with Crippen LogP contribution < -0.4 is 5.32 Å². The third kappa shape index (κ3) is 4.54. The van der Waals surface area contributed by atoms with Crippen molar-refractivity contribution in [3.05, 3.63) is 41.7 Å². The van der Waals surface area contributed by atoms with Crippen molar-refractivity contribution in [2.24, 2.45) is 7.05 Å². The van der Waals surface area contributed by atoms with E-state index in [9.17, 15) is 13.6 Å². The second kappa shape index (κ2) is 6.70. The minimum Gasteiger partial charge on any atom is -0.321 e. The Morgan fingerprint density at radius 1 is 1.26 bits per heavy atom. The van der Waals surface area contributed by atoms with Crippen molar-refractivity contribution in [1.82, 2.24) is 9.78 Å². The first kappa shape index (κ1) is 17.5. The number of thioether (sulfide) groups is 1. The minimum atomic E-state index is -2.46. The number of hydrogen-bond donors (Lipinski definition) is 1. The molecule has 0 fully saturated rings. The van der Waals surface area contributed by atoms with Crippen LogP contribution in [-0.2, 0) is 12.5 Å². The van der Waals surface area contributed by atoms with Gasteiger partial charge in [0.15, 0.2) is 0 Å². The number of benzene rings is 1. The number of rotatable bonds is 4. The second-order valence-corrected chi connectivity index (χ2v) is 7.21. The number of anilines is 1. The second-order valence-electron chi connectivity index (χ2n) is 6.15. The van der Waals surface area contributed by atoms with Crippen LogP contribution in [0.2, 0.25) is 0 Å². The molecule has 1 heterocycles. The van der Waals surface area contributed by atoms with Crippen LogP contribution in [0.5, 0.6) is 0 Å². The van der Waals surface area contributed by atoms with Crippen molar-refractivity contribution in [1.29, 1.82) is 0 Å². The molecule has 1 aromatic heterocycles. The number of carbonyl (C=O) groups is 1. The van der Waals surface area contributed by atoms with E-state index in [1.807, 2.05) is 20.8 Å². The zero-order chi connectivity index (χ0) is 17.2. The number of alkyl halides is 2. The van der Waals surface area contributed by atoms with Gasteiger partial charge in [-0.05, 0) is 30.3 Å². The van der Waals surface area contributed by atoms with E-state index in [1.165, 1.54) is 4.68 Å². The molecule has 0 aliphatic carbocycles. The molecule has 0 unspecified atom stereocenters. The number of nitrogens with one attached hydrogen (secondary N) is 1. The fraction of sp³-hybridized carbons (Fsp3) is 0.375. The molecule has 1 amide bonds. The highest BCUT2D eigenvalue weighted by Crippen LogP contribution is 2.26. The Morgan fingerprint density at radius 2 is 1.87 bits per heavy atom. The van der Waals surface area contributed by atoms with E-state index in [0.717, 1.165) is 5.69 Å². The van der Waals surface area contributed by atoms with Gasteiger partial charge in [-0.15, -0.1) is 0 Å². The van der Waals surface area contributed by atoms with Crippen LogP contribution in [-0.4, -0.2) is 21.4 Å². The summed E-state index contributed by atoms with van der Waals surface area (Å²) in [4.78, 5) is 12.8. The van der Waals surface area contributed by atoms with Crippen LogP contribution in [0.4, 0.5) is 14.5 Å². The van der Waals surface area contributed by atoms with Crippen LogP contribution in [0.25, 0.3) is 0 Å². The summed E-state index contributed by atoms with van der Waals surface area (Å²) in [6, 6.07) is 8.07. The van der Waals surface area contributed by atoms with Gasteiger partial charge < -0.3 is 5.32 Å². The third-order valence-corrected chi connectivity index (χ3v) is 3.94. The molecule has 0 saturated heterocycles. The standard InChI is InChI=1S/C16H19F2N3OS/c1-16(2,3)13-9-12(21(4)20-13)14(22)19-10-5-7-11(8-6-10)23-15(17)18/h5-9,15H,1-4H3,(H,19,22). The molecule has 4 nitrogen and oxygen atoms in total. The average molecular weight is 339 g/mol. The van der Waals surface area contributed by atoms with Crippen LogP contribution in [0, 0.1) is 0 Å². The minimum absolute atomic E-state index is 0.148. The van der Waals surface area contributed by atoms with E-state index in [4.69, 9.17) is 0 Å². The van der Waals surface area contributed by atoms with Crippen molar-refractivity contribution >= 4 is 23.4 Å². The van der Waals surface area contributed by atoms with Crippen LogP contribution in [0.1, 0.15) is 37.0 Å². The molecule has 0 saturated carbocycles. The fourth-order valence-electron chi connectivity index (χ4n) is 1.96. The smallest absolute Gasteiger partial charge is 0.288 e. The Hall–Kier alpha value is -1.89. The Morgan fingerprint density at radius 3 is 2.35 bits per heavy atom. The van der Waals surface area contributed by atoms with Crippen molar-refractivity contribution in [2.45, 2.75) is 36.8 Å². The summed E-state index contributed by atoms with van der Waals surface area (Å²) < 4.78 is 26.1. The van der Waals surface area contributed by atoms with Gasteiger partial charge in [-0.2, -0.15) is 13.9 Å². The van der Waals surface area contributed by atoms with Crippen molar-refractivity contribution in [2.75, 3.05) is 5.32 Å². The summed E-state index contributed by atoms with van der Waals surface area (Å²) in [6.07, 6.45) is 0. The van der Waals surface area contributed by atoms with E-state index >= 15 is 0 Å². The van der Waals surface area contributed by atoms with Gasteiger partial charge >= 0.3 is 0 Å². The van der Waals surface area contributed by atoms with Gasteiger partial charge in [-0.25, -0.2) is 0 Å². The number of halogens is 2. The number of carbonyl (C=O) groups excluding carboxylic acids is 1. The maximum Gasteiger partial charge on any atom is 0.288 e. The lowest BCUT2D eigenvalue weighted by Crippen LogP contribution is -2.15. The van der Waals surface area contributed by atoms with Gasteiger partial charge in [0.25, 0.3) is 11.7 Å². The largest absolute Gasteiger partial charge is 0.321 e. The maximum atomic E-state index is 12.3. The number of nitrogens with zero attached hydrogens (tertiary/aromatic N) is 2. The maximum absolute atomic E-state index is 12.3. The molecule has 1 N–H and O–H groups in total. The van der Waals surface area contributed by atoms with E-state index in [1.54, 1.807) is 37.4 Å². The zero-order valence-electron chi connectivity index (χ0n) is 13.4. The Bertz CT molecular complexity index is 690.